The van der Waals surface area contributed by atoms with Gasteiger partial charge in [-0.05, 0) is 32.0 Å². The highest BCUT2D eigenvalue weighted by Gasteiger charge is 2.50. The van der Waals surface area contributed by atoms with Crippen molar-refractivity contribution in [3.05, 3.63) is 28.7 Å². The predicted molar refractivity (Wildman–Crippen MR) is 77.4 cm³/mol. The summed E-state index contributed by atoms with van der Waals surface area (Å²) in [6.07, 6.45) is -0.177. The molecule has 4 nitrogen and oxygen atoms in total. The van der Waals surface area contributed by atoms with Gasteiger partial charge >= 0.3 is 6.09 Å². The molecular weight excluding hydrogens is 308 g/mol. The number of fused-ring (bicyclic) bond motifs is 1. The first-order chi connectivity index (χ1) is 8.97. The third kappa shape index (κ3) is 2.20. The highest BCUT2D eigenvalue weighted by molar-refractivity contribution is 9.10. The average Bonchev–Trinajstić information content (AvgIpc) is 2.59. The lowest BCUT2D eigenvalue weighted by Gasteiger charge is -2.40. The summed E-state index contributed by atoms with van der Waals surface area (Å²) in [4.78, 5) is 16.0. The van der Waals surface area contributed by atoms with Crippen molar-refractivity contribution in [2.24, 2.45) is 0 Å². The SMILES string of the molecule is CC1(C)OC(=O)N2CCN(c3cccc(Br)c3)CC21. The van der Waals surface area contributed by atoms with Gasteiger partial charge in [0.2, 0.25) is 0 Å². The number of halogens is 1. The standard InChI is InChI=1S/C14H17BrN2O2/c1-14(2)12-9-16(6-7-17(12)13(18)19-14)11-5-3-4-10(15)8-11/h3-5,8,12H,6-7,9H2,1-2H3. The Bertz CT molecular complexity index is 518. The smallest absolute Gasteiger partial charge is 0.410 e. The lowest BCUT2D eigenvalue weighted by Crippen LogP contribution is -2.56. The Morgan fingerprint density at radius 2 is 2.16 bits per heavy atom. The number of carbonyl (C=O) groups excluding carboxylic acids is 1. The molecule has 102 valence electrons. The summed E-state index contributed by atoms with van der Waals surface area (Å²) in [5, 5.41) is 0. The monoisotopic (exact) mass is 324 g/mol. The quantitative estimate of drug-likeness (QED) is 0.796. The lowest BCUT2D eigenvalue weighted by molar-refractivity contribution is 0.0680. The van der Waals surface area contributed by atoms with Crippen molar-refractivity contribution in [1.82, 2.24) is 4.90 Å². The number of hydrogen-bond acceptors (Lipinski definition) is 3. The van der Waals surface area contributed by atoms with Crippen LogP contribution in [0.2, 0.25) is 0 Å². The molecule has 2 saturated heterocycles. The van der Waals surface area contributed by atoms with Crippen LogP contribution < -0.4 is 4.90 Å². The number of amides is 1. The summed E-state index contributed by atoms with van der Waals surface area (Å²) >= 11 is 3.50. The van der Waals surface area contributed by atoms with Gasteiger partial charge in [0, 0.05) is 29.8 Å². The van der Waals surface area contributed by atoms with Crippen LogP contribution in [0.3, 0.4) is 0 Å². The van der Waals surface area contributed by atoms with E-state index in [-0.39, 0.29) is 12.1 Å². The van der Waals surface area contributed by atoms with Gasteiger partial charge < -0.3 is 9.64 Å². The molecule has 1 aromatic rings. The normalized spacial score (nSPS) is 25.2. The Balaban J connectivity index is 1.84. The largest absolute Gasteiger partial charge is 0.441 e. The van der Waals surface area contributed by atoms with Crippen LogP contribution in [0, 0.1) is 0 Å². The molecule has 2 fully saturated rings. The first-order valence-electron chi connectivity index (χ1n) is 6.47. The number of carbonyl (C=O) groups is 1. The van der Waals surface area contributed by atoms with E-state index < -0.39 is 5.60 Å². The fraction of sp³-hybridized carbons (Fsp3) is 0.500. The van der Waals surface area contributed by atoms with Crippen molar-refractivity contribution < 1.29 is 9.53 Å². The minimum absolute atomic E-state index is 0.118. The van der Waals surface area contributed by atoms with Gasteiger partial charge in [0.1, 0.15) is 5.60 Å². The number of benzene rings is 1. The molecule has 1 aromatic carbocycles. The van der Waals surface area contributed by atoms with Crippen molar-refractivity contribution in [1.29, 1.82) is 0 Å². The molecule has 1 atom stereocenters. The van der Waals surface area contributed by atoms with E-state index >= 15 is 0 Å². The van der Waals surface area contributed by atoms with Gasteiger partial charge in [-0.25, -0.2) is 4.79 Å². The molecule has 2 aliphatic rings. The molecule has 0 aliphatic carbocycles. The van der Waals surface area contributed by atoms with Gasteiger partial charge in [0.25, 0.3) is 0 Å². The number of nitrogens with zero attached hydrogens (tertiary/aromatic N) is 2. The van der Waals surface area contributed by atoms with Crippen molar-refractivity contribution in [3.8, 4) is 0 Å². The summed E-state index contributed by atoms with van der Waals surface area (Å²) in [5.41, 5.74) is 0.770. The second kappa shape index (κ2) is 4.40. The number of anilines is 1. The van der Waals surface area contributed by atoms with E-state index in [0.717, 1.165) is 24.1 Å². The maximum atomic E-state index is 11.8. The maximum Gasteiger partial charge on any atom is 0.410 e. The van der Waals surface area contributed by atoms with Gasteiger partial charge in [-0.3, -0.25) is 4.90 Å². The third-order valence-corrected chi connectivity index (χ3v) is 4.43. The van der Waals surface area contributed by atoms with Crippen LogP contribution in [0.1, 0.15) is 13.8 Å². The third-order valence-electron chi connectivity index (χ3n) is 3.94. The van der Waals surface area contributed by atoms with Crippen LogP contribution >= 0.6 is 15.9 Å². The Hall–Kier alpha value is -1.23. The predicted octanol–water partition coefficient (Wildman–Crippen LogP) is 2.87. The Morgan fingerprint density at radius 1 is 1.37 bits per heavy atom. The fourth-order valence-electron chi connectivity index (χ4n) is 2.86. The van der Waals surface area contributed by atoms with E-state index in [9.17, 15) is 4.79 Å². The summed E-state index contributed by atoms with van der Waals surface area (Å²) in [5.74, 6) is 0. The van der Waals surface area contributed by atoms with Gasteiger partial charge in [0.15, 0.2) is 0 Å². The summed E-state index contributed by atoms with van der Waals surface area (Å²) in [6.45, 7) is 6.35. The van der Waals surface area contributed by atoms with Crippen LogP contribution in [0.5, 0.6) is 0 Å². The molecule has 2 heterocycles. The number of ether oxygens (including phenoxy) is 1. The molecule has 0 bridgehead atoms. The number of piperazine rings is 1. The Labute approximate surface area is 121 Å². The fourth-order valence-corrected chi connectivity index (χ4v) is 3.24. The second-order valence-corrected chi connectivity index (χ2v) is 6.52. The van der Waals surface area contributed by atoms with Gasteiger partial charge in [0.05, 0.1) is 6.04 Å². The Kier molecular flexibility index (Phi) is 2.96. The molecule has 1 amide bonds. The molecule has 0 saturated carbocycles. The number of hydrogen-bond donors (Lipinski definition) is 0. The van der Waals surface area contributed by atoms with Crippen LogP contribution in [0.25, 0.3) is 0 Å². The lowest BCUT2D eigenvalue weighted by atomic mass is 9.96. The summed E-state index contributed by atoms with van der Waals surface area (Å²) in [6, 6.07) is 8.39. The molecule has 0 spiro atoms. The van der Waals surface area contributed by atoms with Crippen LogP contribution in [-0.4, -0.2) is 42.3 Å². The highest BCUT2D eigenvalue weighted by Crippen LogP contribution is 2.33. The van der Waals surface area contributed by atoms with E-state index in [1.165, 1.54) is 5.69 Å². The molecule has 0 radical (unpaired) electrons. The summed E-state index contributed by atoms with van der Waals surface area (Å²) in [7, 11) is 0. The second-order valence-electron chi connectivity index (χ2n) is 5.61. The molecule has 0 aromatic heterocycles. The van der Waals surface area contributed by atoms with Crippen molar-refractivity contribution in [2.45, 2.75) is 25.5 Å². The molecule has 19 heavy (non-hydrogen) atoms. The highest BCUT2D eigenvalue weighted by atomic mass is 79.9. The molecular formula is C14H17BrN2O2. The number of cyclic esters (lactones) is 1. The van der Waals surface area contributed by atoms with Crippen molar-refractivity contribution in [3.63, 3.8) is 0 Å². The van der Waals surface area contributed by atoms with E-state index in [1.54, 1.807) is 0 Å². The van der Waals surface area contributed by atoms with E-state index in [4.69, 9.17) is 4.74 Å². The molecule has 1 unspecified atom stereocenters. The minimum Gasteiger partial charge on any atom is -0.441 e. The number of rotatable bonds is 1. The summed E-state index contributed by atoms with van der Waals surface area (Å²) < 4.78 is 6.53. The molecule has 5 heteroatoms. The van der Waals surface area contributed by atoms with Crippen LogP contribution in [0.4, 0.5) is 10.5 Å². The van der Waals surface area contributed by atoms with E-state index in [1.807, 2.05) is 30.9 Å². The maximum absolute atomic E-state index is 11.8. The first-order valence-corrected chi connectivity index (χ1v) is 7.27. The topological polar surface area (TPSA) is 32.8 Å². The molecule has 2 aliphatic heterocycles. The van der Waals surface area contributed by atoms with Crippen molar-refractivity contribution >= 4 is 27.7 Å². The zero-order valence-electron chi connectivity index (χ0n) is 11.1. The van der Waals surface area contributed by atoms with Crippen LogP contribution in [-0.2, 0) is 4.74 Å². The van der Waals surface area contributed by atoms with Gasteiger partial charge in [-0.15, -0.1) is 0 Å². The zero-order valence-corrected chi connectivity index (χ0v) is 12.7. The van der Waals surface area contributed by atoms with Crippen LogP contribution in [0.15, 0.2) is 28.7 Å². The van der Waals surface area contributed by atoms with E-state index in [0.29, 0.717) is 0 Å². The van der Waals surface area contributed by atoms with Gasteiger partial charge in [-0.2, -0.15) is 0 Å². The first kappa shape index (κ1) is 12.8. The average molecular weight is 325 g/mol. The van der Waals surface area contributed by atoms with Crippen molar-refractivity contribution in [2.75, 3.05) is 24.5 Å². The minimum atomic E-state index is -0.415. The van der Waals surface area contributed by atoms with E-state index in [2.05, 4.69) is 33.0 Å². The van der Waals surface area contributed by atoms with Gasteiger partial charge in [-0.1, -0.05) is 22.0 Å². The molecule has 0 N–H and O–H groups in total. The zero-order chi connectivity index (χ0) is 13.6. The Morgan fingerprint density at radius 3 is 2.89 bits per heavy atom. The molecule has 3 rings (SSSR count).